The summed E-state index contributed by atoms with van der Waals surface area (Å²) in [5, 5.41) is 5.62. The number of hydrogen-bond acceptors (Lipinski definition) is 5. The Morgan fingerprint density at radius 2 is 1.88 bits per heavy atom. The Kier molecular flexibility index (Phi) is 4.17. The molecule has 0 aliphatic carbocycles. The van der Waals surface area contributed by atoms with Crippen molar-refractivity contribution in [1.82, 2.24) is 15.5 Å². The van der Waals surface area contributed by atoms with E-state index in [1.165, 1.54) is 0 Å². The van der Waals surface area contributed by atoms with E-state index >= 15 is 0 Å². The highest BCUT2D eigenvalue weighted by Crippen LogP contribution is 2.30. The fourth-order valence-electron chi connectivity index (χ4n) is 3.73. The summed E-state index contributed by atoms with van der Waals surface area (Å²) in [7, 11) is 0. The number of hydrogen-bond donors (Lipinski definition) is 2. The normalized spacial score (nSPS) is 24.2. The summed E-state index contributed by atoms with van der Waals surface area (Å²) < 4.78 is 6.04. The maximum Gasteiger partial charge on any atom is 0.255 e. The molecule has 0 saturated carbocycles. The maximum atomic E-state index is 12.6. The summed E-state index contributed by atoms with van der Waals surface area (Å²) >= 11 is 0. The summed E-state index contributed by atoms with van der Waals surface area (Å²) in [5.41, 5.74) is 1.49. The van der Waals surface area contributed by atoms with E-state index in [1.807, 2.05) is 12.1 Å². The zero-order valence-electron chi connectivity index (χ0n) is 13.9. The van der Waals surface area contributed by atoms with Gasteiger partial charge in [-0.15, -0.1) is 0 Å². The number of amides is 3. The molecule has 3 heterocycles. The van der Waals surface area contributed by atoms with Crippen LogP contribution in [0.2, 0.25) is 0 Å². The number of nitrogens with one attached hydrogen (secondary N) is 2. The van der Waals surface area contributed by atoms with Crippen molar-refractivity contribution in [2.45, 2.75) is 44.4 Å². The minimum atomic E-state index is -0.577. The molecule has 7 nitrogen and oxygen atoms in total. The summed E-state index contributed by atoms with van der Waals surface area (Å²) in [5.74, 6) is -0.0480. The van der Waals surface area contributed by atoms with Crippen molar-refractivity contribution in [2.75, 3.05) is 13.1 Å². The Labute approximate surface area is 145 Å². The minimum Gasteiger partial charge on any atom is -0.490 e. The van der Waals surface area contributed by atoms with Gasteiger partial charge in [-0.05, 0) is 56.1 Å². The van der Waals surface area contributed by atoms with Gasteiger partial charge >= 0.3 is 0 Å². The maximum absolute atomic E-state index is 12.6. The molecule has 3 aliphatic heterocycles. The monoisotopic (exact) mass is 343 g/mol. The van der Waals surface area contributed by atoms with Crippen LogP contribution in [0.4, 0.5) is 0 Å². The number of fused-ring (bicyclic) bond motifs is 1. The second-order valence-corrected chi connectivity index (χ2v) is 6.79. The highest BCUT2D eigenvalue weighted by atomic mass is 16.5. The van der Waals surface area contributed by atoms with Gasteiger partial charge in [0.25, 0.3) is 5.91 Å². The highest BCUT2D eigenvalue weighted by molar-refractivity contribution is 6.05. The molecule has 0 spiro atoms. The predicted molar refractivity (Wildman–Crippen MR) is 89.0 cm³/mol. The molecule has 25 heavy (non-hydrogen) atoms. The van der Waals surface area contributed by atoms with Crippen molar-refractivity contribution in [3.05, 3.63) is 29.3 Å². The molecular formula is C18H21N3O4. The number of ether oxygens (including phenoxy) is 1. The van der Waals surface area contributed by atoms with E-state index in [4.69, 9.17) is 4.74 Å². The standard InChI is InChI=1S/C18H21N3O4/c22-16-4-3-15(17(23)20-16)21-10-11-9-13(1-2-14(11)18(21)24)25-12-5-7-19-8-6-12/h1-2,9,12,15,19H,3-8,10H2,(H,20,22,23). The van der Waals surface area contributed by atoms with Gasteiger partial charge in [0, 0.05) is 18.5 Å². The van der Waals surface area contributed by atoms with Crippen molar-refractivity contribution < 1.29 is 19.1 Å². The zero-order chi connectivity index (χ0) is 17.4. The van der Waals surface area contributed by atoms with Gasteiger partial charge in [0.05, 0.1) is 0 Å². The summed E-state index contributed by atoms with van der Waals surface area (Å²) in [6.07, 6.45) is 2.78. The molecule has 1 aromatic rings. The van der Waals surface area contributed by atoms with E-state index in [0.717, 1.165) is 37.2 Å². The van der Waals surface area contributed by atoms with Crippen molar-refractivity contribution in [2.24, 2.45) is 0 Å². The van der Waals surface area contributed by atoms with Crippen LogP contribution in [0.5, 0.6) is 5.75 Å². The molecule has 132 valence electrons. The van der Waals surface area contributed by atoms with E-state index in [2.05, 4.69) is 10.6 Å². The number of nitrogens with zero attached hydrogens (tertiary/aromatic N) is 1. The molecule has 0 radical (unpaired) electrons. The summed E-state index contributed by atoms with van der Waals surface area (Å²) in [6, 6.07) is 4.93. The Hall–Kier alpha value is -2.41. The molecule has 2 saturated heterocycles. The zero-order valence-corrected chi connectivity index (χ0v) is 13.9. The molecule has 7 heteroatoms. The lowest BCUT2D eigenvalue weighted by atomic mass is 10.0. The van der Waals surface area contributed by atoms with Crippen LogP contribution in [-0.2, 0) is 16.1 Å². The second kappa shape index (κ2) is 6.48. The molecule has 1 atom stereocenters. The Balaban J connectivity index is 1.49. The first-order chi connectivity index (χ1) is 12.1. The predicted octanol–water partition coefficient (Wildman–Crippen LogP) is 0.578. The lowest BCUT2D eigenvalue weighted by molar-refractivity contribution is -0.136. The first-order valence-corrected chi connectivity index (χ1v) is 8.77. The topological polar surface area (TPSA) is 87.7 Å². The smallest absolute Gasteiger partial charge is 0.255 e. The quantitative estimate of drug-likeness (QED) is 0.784. The van der Waals surface area contributed by atoms with Crippen LogP contribution in [0.15, 0.2) is 18.2 Å². The summed E-state index contributed by atoms with van der Waals surface area (Å²) in [6.45, 7) is 2.29. The number of rotatable bonds is 3. The van der Waals surface area contributed by atoms with Crippen LogP contribution >= 0.6 is 0 Å². The van der Waals surface area contributed by atoms with E-state index in [1.54, 1.807) is 11.0 Å². The minimum absolute atomic E-state index is 0.155. The number of benzene rings is 1. The largest absolute Gasteiger partial charge is 0.490 e. The van der Waals surface area contributed by atoms with Gasteiger partial charge in [-0.25, -0.2) is 0 Å². The van der Waals surface area contributed by atoms with Gasteiger partial charge in [-0.2, -0.15) is 0 Å². The van der Waals surface area contributed by atoms with E-state index in [9.17, 15) is 14.4 Å². The molecular weight excluding hydrogens is 322 g/mol. The van der Waals surface area contributed by atoms with Crippen LogP contribution < -0.4 is 15.4 Å². The third kappa shape index (κ3) is 3.11. The lowest BCUT2D eigenvalue weighted by Gasteiger charge is -2.29. The third-order valence-corrected chi connectivity index (χ3v) is 5.08. The molecule has 4 rings (SSSR count). The van der Waals surface area contributed by atoms with Crippen molar-refractivity contribution in [3.63, 3.8) is 0 Å². The molecule has 1 aromatic carbocycles. The lowest BCUT2D eigenvalue weighted by Crippen LogP contribution is -2.52. The van der Waals surface area contributed by atoms with Crippen LogP contribution in [0.3, 0.4) is 0 Å². The molecule has 1 unspecified atom stereocenters. The molecule has 0 bridgehead atoms. The number of carbonyl (C=O) groups excluding carboxylic acids is 3. The molecule has 3 amide bonds. The highest BCUT2D eigenvalue weighted by Gasteiger charge is 2.39. The van der Waals surface area contributed by atoms with Crippen LogP contribution in [-0.4, -0.2) is 47.9 Å². The SMILES string of the molecule is O=C1CCC(N2Cc3cc(OC4CCNCC4)ccc3C2=O)C(=O)N1. The average molecular weight is 343 g/mol. The van der Waals surface area contributed by atoms with Crippen molar-refractivity contribution in [1.29, 1.82) is 0 Å². The van der Waals surface area contributed by atoms with Gasteiger partial charge in [0.1, 0.15) is 17.9 Å². The fourth-order valence-corrected chi connectivity index (χ4v) is 3.73. The van der Waals surface area contributed by atoms with Gasteiger partial charge in [0.2, 0.25) is 11.8 Å². The molecule has 2 fully saturated rings. The van der Waals surface area contributed by atoms with Crippen molar-refractivity contribution in [3.8, 4) is 5.75 Å². The van der Waals surface area contributed by atoms with E-state index < -0.39 is 6.04 Å². The summed E-state index contributed by atoms with van der Waals surface area (Å²) in [4.78, 5) is 37.6. The Morgan fingerprint density at radius 1 is 1.08 bits per heavy atom. The van der Waals surface area contributed by atoms with Gasteiger partial charge in [0.15, 0.2) is 0 Å². The van der Waals surface area contributed by atoms with E-state index in [0.29, 0.717) is 18.5 Å². The van der Waals surface area contributed by atoms with Crippen LogP contribution in [0.1, 0.15) is 41.6 Å². The first kappa shape index (κ1) is 16.1. The second-order valence-electron chi connectivity index (χ2n) is 6.79. The molecule has 0 aromatic heterocycles. The number of imide groups is 1. The van der Waals surface area contributed by atoms with Crippen molar-refractivity contribution >= 4 is 17.7 Å². The van der Waals surface area contributed by atoms with Gasteiger partial charge in [-0.3, -0.25) is 19.7 Å². The number of piperidine rings is 2. The third-order valence-electron chi connectivity index (χ3n) is 5.08. The average Bonchev–Trinajstić information content (AvgIpc) is 2.92. The van der Waals surface area contributed by atoms with Gasteiger partial charge < -0.3 is 15.0 Å². The van der Waals surface area contributed by atoms with Crippen LogP contribution in [0, 0.1) is 0 Å². The van der Waals surface area contributed by atoms with Gasteiger partial charge in [-0.1, -0.05) is 0 Å². The first-order valence-electron chi connectivity index (χ1n) is 8.77. The fraction of sp³-hybridized carbons (Fsp3) is 0.500. The van der Waals surface area contributed by atoms with Crippen LogP contribution in [0.25, 0.3) is 0 Å². The Bertz CT molecular complexity index is 727. The number of carbonyl (C=O) groups is 3. The molecule has 3 aliphatic rings. The molecule has 2 N–H and O–H groups in total. The Morgan fingerprint density at radius 3 is 2.64 bits per heavy atom. The van der Waals surface area contributed by atoms with E-state index in [-0.39, 0.29) is 30.2 Å².